The van der Waals surface area contributed by atoms with Crippen LogP contribution in [-0.4, -0.2) is 11.8 Å². The first-order chi connectivity index (χ1) is 26.6. The quantitative estimate of drug-likeness (QED) is 0.0538. The maximum absolute atomic E-state index is 12.8. The van der Waals surface area contributed by atoms with Crippen LogP contribution in [0, 0.1) is 0 Å². The van der Waals surface area contributed by atoms with Crippen LogP contribution in [-0.2, 0) is 9.59 Å². The summed E-state index contributed by atoms with van der Waals surface area (Å²) in [6, 6.07) is 15.0. The van der Waals surface area contributed by atoms with Crippen molar-refractivity contribution in [3.05, 3.63) is 48.5 Å². The van der Waals surface area contributed by atoms with E-state index in [4.69, 9.17) is 0 Å². The lowest BCUT2D eigenvalue weighted by Crippen LogP contribution is -2.11. The minimum atomic E-state index is 0.0128. The van der Waals surface area contributed by atoms with E-state index in [0.717, 1.165) is 25.7 Å². The van der Waals surface area contributed by atoms with Gasteiger partial charge in [0.15, 0.2) is 0 Å². The molecule has 0 fully saturated rings. The number of carbonyl (C=O) groups is 2. The molecule has 0 aliphatic rings. The number of hydrogen-bond acceptors (Lipinski definition) is 4. The second-order valence-corrected chi connectivity index (χ2v) is 15.7. The van der Waals surface area contributed by atoms with E-state index in [9.17, 15) is 9.59 Å². The van der Waals surface area contributed by atoms with Gasteiger partial charge < -0.3 is 10.6 Å². The second-order valence-electron chi connectivity index (χ2n) is 15.7. The normalized spacial score (nSPS) is 11.4. The highest BCUT2D eigenvalue weighted by molar-refractivity contribution is 5.94. The van der Waals surface area contributed by atoms with Crippen LogP contribution >= 0.6 is 0 Å². The van der Waals surface area contributed by atoms with E-state index in [-0.39, 0.29) is 11.8 Å². The van der Waals surface area contributed by atoms with Gasteiger partial charge in [-0.1, -0.05) is 218 Å². The molecule has 0 radical (unpaired) electrons. The molecule has 6 nitrogen and oxygen atoms in total. The van der Waals surface area contributed by atoms with Crippen molar-refractivity contribution in [2.45, 2.75) is 219 Å². The minimum Gasteiger partial charge on any atom is -0.324 e. The third-order valence-corrected chi connectivity index (χ3v) is 10.6. The molecule has 0 atom stereocenters. The van der Waals surface area contributed by atoms with Gasteiger partial charge in [0.25, 0.3) is 0 Å². The first-order valence-electron chi connectivity index (χ1n) is 22.8. The number of carbonyl (C=O) groups excluding carboxylic acids is 2. The molecule has 54 heavy (non-hydrogen) atoms. The van der Waals surface area contributed by atoms with Crippen LogP contribution in [0.2, 0.25) is 0 Å². The molecule has 0 aliphatic heterocycles. The van der Waals surface area contributed by atoms with Crippen molar-refractivity contribution in [2.75, 3.05) is 10.6 Å². The van der Waals surface area contributed by atoms with Gasteiger partial charge in [0.2, 0.25) is 11.8 Å². The Morgan fingerprint density at radius 1 is 0.370 bits per heavy atom. The number of rotatable bonds is 36. The topological polar surface area (TPSA) is 82.9 Å². The van der Waals surface area contributed by atoms with Gasteiger partial charge in [0, 0.05) is 12.8 Å². The Hall–Kier alpha value is -3.02. The number of nitrogens with one attached hydrogen (secondary N) is 2. The van der Waals surface area contributed by atoms with E-state index in [2.05, 4.69) is 34.7 Å². The number of unbranched alkanes of at least 4 members (excludes halogenated alkanes) is 28. The summed E-state index contributed by atoms with van der Waals surface area (Å²) in [4.78, 5) is 25.5. The number of anilines is 2. The summed E-state index contributed by atoms with van der Waals surface area (Å²) in [7, 11) is 0. The third kappa shape index (κ3) is 25.9. The molecule has 0 aliphatic carbocycles. The first kappa shape index (κ1) is 47.1. The molecular formula is C48H80N4O2. The molecule has 2 aromatic carbocycles. The molecular weight excluding hydrogens is 665 g/mol. The highest BCUT2D eigenvalue weighted by Gasteiger charge is 2.09. The molecule has 2 amide bonds. The van der Waals surface area contributed by atoms with Crippen molar-refractivity contribution in [1.82, 2.24) is 0 Å². The Labute approximate surface area is 331 Å². The molecule has 0 heterocycles. The van der Waals surface area contributed by atoms with E-state index in [1.54, 1.807) is 0 Å². The SMILES string of the molecule is CCCCCCCCCCCCCCCCCC(=O)Nc1ccccc1N=Nc1ccccc1NC(=O)CCCCCCCCCCCCCCCCC. The monoisotopic (exact) mass is 745 g/mol. The van der Waals surface area contributed by atoms with Crippen molar-refractivity contribution in [3.63, 3.8) is 0 Å². The fraction of sp³-hybridized carbons (Fsp3) is 0.708. The molecule has 0 unspecified atom stereocenters. The number of amides is 2. The van der Waals surface area contributed by atoms with Gasteiger partial charge in [0.05, 0.1) is 11.4 Å². The molecule has 0 bridgehead atoms. The largest absolute Gasteiger partial charge is 0.324 e. The number of hydrogen-bond donors (Lipinski definition) is 2. The molecule has 0 spiro atoms. The third-order valence-electron chi connectivity index (χ3n) is 10.6. The van der Waals surface area contributed by atoms with Gasteiger partial charge in [0.1, 0.15) is 11.4 Å². The molecule has 2 N–H and O–H groups in total. The van der Waals surface area contributed by atoms with Gasteiger partial charge in [-0.3, -0.25) is 9.59 Å². The van der Waals surface area contributed by atoms with Crippen LogP contribution < -0.4 is 10.6 Å². The average molecular weight is 745 g/mol. The Balaban J connectivity index is 1.58. The van der Waals surface area contributed by atoms with Gasteiger partial charge in [-0.2, -0.15) is 0 Å². The van der Waals surface area contributed by atoms with Gasteiger partial charge in [-0.15, -0.1) is 10.2 Å². The smallest absolute Gasteiger partial charge is 0.224 e. The minimum absolute atomic E-state index is 0.0128. The second kappa shape index (κ2) is 34.5. The van der Waals surface area contributed by atoms with Crippen LogP contribution in [0.1, 0.15) is 219 Å². The first-order valence-corrected chi connectivity index (χ1v) is 22.8. The van der Waals surface area contributed by atoms with E-state index in [1.165, 1.54) is 167 Å². The summed E-state index contributed by atoms with van der Waals surface area (Å²) in [5, 5.41) is 15.0. The number of azo groups is 1. The number of para-hydroxylation sites is 2. The highest BCUT2D eigenvalue weighted by atomic mass is 16.2. The summed E-state index contributed by atoms with van der Waals surface area (Å²) in [5.74, 6) is 0.0256. The maximum Gasteiger partial charge on any atom is 0.224 e. The summed E-state index contributed by atoms with van der Waals surface area (Å²) in [6.07, 6.45) is 40.3. The van der Waals surface area contributed by atoms with Crippen molar-refractivity contribution < 1.29 is 9.59 Å². The zero-order valence-corrected chi connectivity index (χ0v) is 35.0. The van der Waals surface area contributed by atoms with Gasteiger partial charge >= 0.3 is 0 Å². The zero-order valence-electron chi connectivity index (χ0n) is 35.0. The zero-order chi connectivity index (χ0) is 38.6. The Morgan fingerprint density at radius 3 is 0.889 bits per heavy atom. The Bertz CT molecular complexity index is 1140. The molecule has 2 rings (SSSR count). The lowest BCUT2D eigenvalue weighted by atomic mass is 10.0. The number of benzene rings is 2. The van der Waals surface area contributed by atoms with Crippen LogP contribution in [0.25, 0.3) is 0 Å². The van der Waals surface area contributed by atoms with Crippen LogP contribution in [0.3, 0.4) is 0 Å². The van der Waals surface area contributed by atoms with Gasteiger partial charge in [-0.05, 0) is 37.1 Å². The molecule has 0 saturated carbocycles. The number of nitrogens with zero attached hydrogens (tertiary/aromatic N) is 2. The van der Waals surface area contributed by atoms with Crippen molar-refractivity contribution >= 4 is 34.6 Å². The van der Waals surface area contributed by atoms with Crippen molar-refractivity contribution in [3.8, 4) is 0 Å². The molecule has 304 valence electrons. The summed E-state index contributed by atoms with van der Waals surface area (Å²) < 4.78 is 0. The van der Waals surface area contributed by atoms with Crippen molar-refractivity contribution in [2.24, 2.45) is 10.2 Å². The molecule has 6 heteroatoms. The van der Waals surface area contributed by atoms with Crippen molar-refractivity contribution in [1.29, 1.82) is 0 Å². The Kier molecular flexibility index (Phi) is 30.1. The Morgan fingerprint density at radius 2 is 0.611 bits per heavy atom. The molecule has 0 saturated heterocycles. The fourth-order valence-corrected chi connectivity index (χ4v) is 7.18. The van der Waals surface area contributed by atoms with Gasteiger partial charge in [-0.25, -0.2) is 0 Å². The average Bonchev–Trinajstić information content (AvgIpc) is 3.18. The predicted octanol–water partition coefficient (Wildman–Crippen LogP) is 16.5. The molecule has 2 aromatic rings. The lowest BCUT2D eigenvalue weighted by molar-refractivity contribution is -0.117. The molecule has 0 aromatic heterocycles. The van der Waals surface area contributed by atoms with E-state index >= 15 is 0 Å². The lowest BCUT2D eigenvalue weighted by Gasteiger charge is -2.09. The van der Waals surface area contributed by atoms with E-state index < -0.39 is 0 Å². The summed E-state index contributed by atoms with van der Waals surface area (Å²) in [6.45, 7) is 4.56. The van der Waals surface area contributed by atoms with E-state index in [0.29, 0.717) is 35.6 Å². The maximum atomic E-state index is 12.8. The standard InChI is InChI=1S/C48H80N4O2/c1-3-5-7-9-11-13-15-17-19-21-23-25-27-29-31-41-47(53)49-43-37-33-35-39-45(43)51-52-46-40-36-34-38-44(46)50-48(54)42-32-30-28-26-24-22-20-18-16-14-12-10-8-6-4-2/h33-40H,3-32,41-42H2,1-2H3,(H,49,53)(H,50,54). The predicted molar refractivity (Wildman–Crippen MR) is 233 cm³/mol. The summed E-state index contributed by atoms with van der Waals surface area (Å²) >= 11 is 0. The highest BCUT2D eigenvalue weighted by Crippen LogP contribution is 2.30. The summed E-state index contributed by atoms with van der Waals surface area (Å²) in [5.41, 5.74) is 2.51. The van der Waals surface area contributed by atoms with Crippen LogP contribution in [0.5, 0.6) is 0 Å². The van der Waals surface area contributed by atoms with Crippen LogP contribution in [0.4, 0.5) is 22.7 Å². The van der Waals surface area contributed by atoms with Crippen LogP contribution in [0.15, 0.2) is 58.8 Å². The van der Waals surface area contributed by atoms with E-state index in [1.807, 2.05) is 48.5 Å². The fourth-order valence-electron chi connectivity index (χ4n) is 7.18.